The van der Waals surface area contributed by atoms with Gasteiger partial charge in [0.1, 0.15) is 23.3 Å². The Balaban J connectivity index is 2.31. The molecule has 0 fully saturated rings. The molecular formula is C10H8FN5. The number of H-pyrrole nitrogens is 1. The Morgan fingerprint density at radius 1 is 1.50 bits per heavy atom. The summed E-state index contributed by atoms with van der Waals surface area (Å²) in [6.45, 7) is 0. The summed E-state index contributed by atoms with van der Waals surface area (Å²) in [6, 6.07) is 7.75. The number of anilines is 3. The molecule has 0 saturated heterocycles. The summed E-state index contributed by atoms with van der Waals surface area (Å²) < 4.78 is 12.9. The third kappa shape index (κ3) is 1.79. The summed E-state index contributed by atoms with van der Waals surface area (Å²) in [5, 5.41) is 17.9. The minimum absolute atomic E-state index is 0.182. The van der Waals surface area contributed by atoms with Crippen molar-refractivity contribution in [3.8, 4) is 6.07 Å². The fourth-order valence-corrected chi connectivity index (χ4v) is 1.26. The van der Waals surface area contributed by atoms with E-state index in [4.69, 9.17) is 11.0 Å². The number of nitrogens with one attached hydrogen (secondary N) is 2. The van der Waals surface area contributed by atoms with Gasteiger partial charge in [-0.3, -0.25) is 5.10 Å². The first-order valence-corrected chi connectivity index (χ1v) is 4.47. The molecule has 0 amide bonds. The van der Waals surface area contributed by atoms with Crippen LogP contribution in [-0.2, 0) is 0 Å². The maximum Gasteiger partial charge on any atom is 0.172 e. The van der Waals surface area contributed by atoms with Gasteiger partial charge in [0.2, 0.25) is 0 Å². The van der Waals surface area contributed by atoms with Crippen LogP contribution >= 0.6 is 0 Å². The summed E-state index contributed by atoms with van der Waals surface area (Å²) in [4.78, 5) is 0. The molecule has 0 aliphatic rings. The quantitative estimate of drug-likeness (QED) is 0.714. The highest BCUT2D eigenvalue weighted by Crippen LogP contribution is 2.21. The van der Waals surface area contributed by atoms with E-state index in [1.165, 1.54) is 12.1 Å². The lowest BCUT2D eigenvalue weighted by Crippen LogP contribution is -1.94. The SMILES string of the molecule is N#Cc1c(Nc2cccc(F)c2)n[nH]c1N. The predicted octanol–water partition coefficient (Wildman–Crippen LogP) is 1.75. The number of hydrogen-bond acceptors (Lipinski definition) is 4. The average molecular weight is 217 g/mol. The molecule has 0 aliphatic carbocycles. The van der Waals surface area contributed by atoms with Crippen LogP contribution in [0, 0.1) is 17.1 Å². The molecule has 0 bridgehead atoms. The molecule has 1 aromatic carbocycles. The van der Waals surface area contributed by atoms with Crippen LogP contribution < -0.4 is 11.1 Å². The number of nitriles is 1. The van der Waals surface area contributed by atoms with Crippen LogP contribution in [0.5, 0.6) is 0 Å². The maximum absolute atomic E-state index is 12.9. The van der Waals surface area contributed by atoms with E-state index in [1.807, 2.05) is 6.07 Å². The summed E-state index contributed by atoms with van der Waals surface area (Å²) in [5.41, 5.74) is 6.20. The number of aromatic amines is 1. The molecule has 0 unspecified atom stereocenters. The number of halogens is 1. The lowest BCUT2D eigenvalue weighted by atomic mass is 10.3. The van der Waals surface area contributed by atoms with E-state index in [0.717, 1.165) is 0 Å². The fourth-order valence-electron chi connectivity index (χ4n) is 1.26. The second-order valence-electron chi connectivity index (χ2n) is 3.11. The van der Waals surface area contributed by atoms with Crippen LogP contribution in [0.15, 0.2) is 24.3 Å². The van der Waals surface area contributed by atoms with Crippen LogP contribution in [0.2, 0.25) is 0 Å². The third-order valence-corrected chi connectivity index (χ3v) is 1.99. The van der Waals surface area contributed by atoms with Gasteiger partial charge in [-0.1, -0.05) is 6.07 Å². The number of benzene rings is 1. The Labute approximate surface area is 90.7 Å². The predicted molar refractivity (Wildman–Crippen MR) is 57.4 cm³/mol. The first-order chi connectivity index (χ1) is 7.70. The molecule has 16 heavy (non-hydrogen) atoms. The van der Waals surface area contributed by atoms with E-state index < -0.39 is 0 Å². The molecule has 0 atom stereocenters. The zero-order chi connectivity index (χ0) is 11.5. The minimum atomic E-state index is -0.369. The summed E-state index contributed by atoms with van der Waals surface area (Å²) in [7, 11) is 0. The average Bonchev–Trinajstić information content (AvgIpc) is 2.59. The lowest BCUT2D eigenvalue weighted by molar-refractivity contribution is 0.628. The molecule has 5 nitrogen and oxygen atoms in total. The van der Waals surface area contributed by atoms with Gasteiger partial charge in [0.15, 0.2) is 5.82 Å². The van der Waals surface area contributed by atoms with E-state index in [0.29, 0.717) is 5.69 Å². The number of rotatable bonds is 2. The fraction of sp³-hybridized carbons (Fsp3) is 0. The molecule has 80 valence electrons. The van der Waals surface area contributed by atoms with Crippen LogP contribution in [0.3, 0.4) is 0 Å². The van der Waals surface area contributed by atoms with Gasteiger partial charge in [0.05, 0.1) is 0 Å². The third-order valence-electron chi connectivity index (χ3n) is 1.99. The van der Waals surface area contributed by atoms with Crippen molar-refractivity contribution in [2.45, 2.75) is 0 Å². The molecule has 1 heterocycles. The second kappa shape index (κ2) is 3.90. The van der Waals surface area contributed by atoms with Crippen molar-refractivity contribution in [1.82, 2.24) is 10.2 Å². The highest BCUT2D eigenvalue weighted by molar-refractivity contribution is 5.68. The second-order valence-corrected chi connectivity index (χ2v) is 3.11. The molecule has 4 N–H and O–H groups in total. The van der Waals surface area contributed by atoms with E-state index in [-0.39, 0.29) is 23.0 Å². The molecule has 6 heteroatoms. The summed E-state index contributed by atoms with van der Waals surface area (Å²) in [6.07, 6.45) is 0. The largest absolute Gasteiger partial charge is 0.383 e. The van der Waals surface area contributed by atoms with Crippen molar-refractivity contribution >= 4 is 17.3 Å². The maximum atomic E-state index is 12.9. The van der Waals surface area contributed by atoms with E-state index in [9.17, 15) is 4.39 Å². The standard InChI is InChI=1S/C10H8FN5/c11-6-2-1-3-7(4-6)14-10-8(5-12)9(13)15-16-10/h1-4H,(H4,13,14,15,16). The summed E-state index contributed by atoms with van der Waals surface area (Å²) in [5.74, 6) is 0.0963. The van der Waals surface area contributed by atoms with Gasteiger partial charge < -0.3 is 11.1 Å². The van der Waals surface area contributed by atoms with Crippen molar-refractivity contribution in [3.05, 3.63) is 35.6 Å². The first kappa shape index (κ1) is 9.98. The number of nitrogens with two attached hydrogens (primary N) is 1. The van der Waals surface area contributed by atoms with Gasteiger partial charge >= 0.3 is 0 Å². The Morgan fingerprint density at radius 2 is 2.31 bits per heavy atom. The van der Waals surface area contributed by atoms with Crippen LogP contribution in [0.4, 0.5) is 21.7 Å². The normalized spacial score (nSPS) is 9.75. The zero-order valence-corrected chi connectivity index (χ0v) is 8.16. The van der Waals surface area contributed by atoms with Gasteiger partial charge in [0, 0.05) is 5.69 Å². The zero-order valence-electron chi connectivity index (χ0n) is 8.16. The first-order valence-electron chi connectivity index (χ1n) is 4.47. The monoisotopic (exact) mass is 217 g/mol. The van der Waals surface area contributed by atoms with Gasteiger partial charge in [-0.05, 0) is 18.2 Å². The molecule has 0 saturated carbocycles. The number of hydrogen-bond donors (Lipinski definition) is 3. The summed E-state index contributed by atoms with van der Waals surface area (Å²) >= 11 is 0. The molecule has 0 radical (unpaired) electrons. The van der Waals surface area contributed by atoms with Crippen LogP contribution in [0.1, 0.15) is 5.56 Å². The van der Waals surface area contributed by atoms with Gasteiger partial charge in [-0.25, -0.2) is 4.39 Å². The molecule has 2 aromatic rings. The van der Waals surface area contributed by atoms with Gasteiger partial charge in [-0.2, -0.15) is 10.4 Å². The van der Waals surface area contributed by atoms with Crippen LogP contribution in [-0.4, -0.2) is 10.2 Å². The molecule has 2 rings (SSSR count). The Morgan fingerprint density at radius 3 is 3.00 bits per heavy atom. The highest BCUT2D eigenvalue weighted by Gasteiger charge is 2.10. The lowest BCUT2D eigenvalue weighted by Gasteiger charge is -2.02. The van der Waals surface area contributed by atoms with Crippen molar-refractivity contribution in [1.29, 1.82) is 5.26 Å². The minimum Gasteiger partial charge on any atom is -0.383 e. The molecule has 0 aliphatic heterocycles. The molecule has 0 spiro atoms. The number of aromatic nitrogens is 2. The molecule has 1 aromatic heterocycles. The Kier molecular flexibility index (Phi) is 2.44. The topological polar surface area (TPSA) is 90.5 Å². The number of nitrogen functional groups attached to an aromatic ring is 1. The van der Waals surface area contributed by atoms with Crippen molar-refractivity contribution in [3.63, 3.8) is 0 Å². The van der Waals surface area contributed by atoms with E-state index in [2.05, 4.69) is 15.5 Å². The number of nitrogens with zero attached hydrogens (tertiary/aromatic N) is 2. The Hall–Kier alpha value is -2.55. The van der Waals surface area contributed by atoms with Crippen LogP contribution in [0.25, 0.3) is 0 Å². The smallest absolute Gasteiger partial charge is 0.172 e. The van der Waals surface area contributed by atoms with E-state index >= 15 is 0 Å². The van der Waals surface area contributed by atoms with Crippen molar-refractivity contribution in [2.24, 2.45) is 0 Å². The van der Waals surface area contributed by atoms with Crippen molar-refractivity contribution < 1.29 is 4.39 Å². The molecular weight excluding hydrogens is 209 g/mol. The Bertz CT molecular complexity index is 555. The van der Waals surface area contributed by atoms with Gasteiger partial charge in [-0.15, -0.1) is 0 Å². The van der Waals surface area contributed by atoms with E-state index in [1.54, 1.807) is 12.1 Å². The van der Waals surface area contributed by atoms with Gasteiger partial charge in [0.25, 0.3) is 0 Å². The van der Waals surface area contributed by atoms with Crippen molar-refractivity contribution in [2.75, 3.05) is 11.1 Å². The highest BCUT2D eigenvalue weighted by atomic mass is 19.1.